The summed E-state index contributed by atoms with van der Waals surface area (Å²) in [5, 5.41) is 0. The topological polar surface area (TPSA) is 39.2 Å². The highest BCUT2D eigenvalue weighted by Crippen LogP contribution is 2.24. The Balaban J connectivity index is 2.46. The number of esters is 1. The first kappa shape index (κ1) is 12.2. The SMILES string of the molecule is CCOC(=O)c1cccc(-c2ccncc2)c1F. The molecule has 0 bridgehead atoms. The smallest absolute Gasteiger partial charge is 0.341 e. The van der Waals surface area contributed by atoms with Crippen LogP contribution in [0.5, 0.6) is 0 Å². The van der Waals surface area contributed by atoms with Crippen LogP contribution in [-0.2, 0) is 4.74 Å². The van der Waals surface area contributed by atoms with Gasteiger partial charge in [-0.3, -0.25) is 4.98 Å². The maximum absolute atomic E-state index is 14.2. The fourth-order valence-corrected chi connectivity index (χ4v) is 1.65. The summed E-state index contributed by atoms with van der Waals surface area (Å²) >= 11 is 0. The second-order valence-electron chi connectivity index (χ2n) is 3.62. The van der Waals surface area contributed by atoms with E-state index in [1.165, 1.54) is 6.07 Å². The Labute approximate surface area is 104 Å². The summed E-state index contributed by atoms with van der Waals surface area (Å²) in [5.74, 6) is -1.21. The van der Waals surface area contributed by atoms with Crippen molar-refractivity contribution in [3.05, 3.63) is 54.1 Å². The first-order valence-electron chi connectivity index (χ1n) is 5.60. The van der Waals surface area contributed by atoms with Crippen LogP contribution in [0.4, 0.5) is 4.39 Å². The molecule has 0 radical (unpaired) electrons. The molecule has 0 aliphatic carbocycles. The van der Waals surface area contributed by atoms with E-state index in [-0.39, 0.29) is 12.2 Å². The van der Waals surface area contributed by atoms with Crippen molar-refractivity contribution >= 4 is 5.97 Å². The maximum atomic E-state index is 14.2. The molecule has 2 rings (SSSR count). The Morgan fingerprint density at radius 3 is 2.67 bits per heavy atom. The standard InChI is InChI=1S/C14H12FNO2/c1-2-18-14(17)12-5-3-4-11(13(12)15)10-6-8-16-9-7-10/h3-9H,2H2,1H3. The van der Waals surface area contributed by atoms with Gasteiger partial charge in [-0.15, -0.1) is 0 Å². The molecule has 2 aromatic rings. The van der Waals surface area contributed by atoms with E-state index in [9.17, 15) is 9.18 Å². The number of nitrogens with zero attached hydrogens (tertiary/aromatic N) is 1. The van der Waals surface area contributed by atoms with E-state index >= 15 is 0 Å². The third kappa shape index (κ3) is 2.37. The van der Waals surface area contributed by atoms with Gasteiger partial charge >= 0.3 is 5.97 Å². The molecule has 0 amide bonds. The molecule has 3 nitrogen and oxygen atoms in total. The predicted octanol–water partition coefficient (Wildman–Crippen LogP) is 3.06. The molecule has 92 valence electrons. The normalized spacial score (nSPS) is 10.1. The first-order valence-corrected chi connectivity index (χ1v) is 5.60. The van der Waals surface area contributed by atoms with Crippen LogP contribution in [0.15, 0.2) is 42.7 Å². The van der Waals surface area contributed by atoms with Gasteiger partial charge in [-0.05, 0) is 30.7 Å². The van der Waals surface area contributed by atoms with Gasteiger partial charge in [0.25, 0.3) is 0 Å². The highest BCUT2D eigenvalue weighted by Gasteiger charge is 2.16. The van der Waals surface area contributed by atoms with Gasteiger partial charge in [0.2, 0.25) is 0 Å². The van der Waals surface area contributed by atoms with Crippen molar-refractivity contribution in [2.24, 2.45) is 0 Å². The predicted molar refractivity (Wildman–Crippen MR) is 65.6 cm³/mol. The molecule has 1 heterocycles. The molecular formula is C14H12FNO2. The van der Waals surface area contributed by atoms with E-state index < -0.39 is 11.8 Å². The first-order chi connectivity index (χ1) is 8.74. The fraction of sp³-hybridized carbons (Fsp3) is 0.143. The average Bonchev–Trinajstić information content (AvgIpc) is 2.40. The van der Waals surface area contributed by atoms with Gasteiger partial charge in [0, 0.05) is 18.0 Å². The molecule has 0 unspecified atom stereocenters. The summed E-state index contributed by atoms with van der Waals surface area (Å²) in [6.07, 6.45) is 3.15. The largest absolute Gasteiger partial charge is 0.462 e. The molecule has 4 heteroatoms. The lowest BCUT2D eigenvalue weighted by molar-refractivity contribution is 0.0521. The summed E-state index contributed by atoms with van der Waals surface area (Å²) < 4.78 is 19.0. The maximum Gasteiger partial charge on any atom is 0.341 e. The zero-order valence-corrected chi connectivity index (χ0v) is 9.89. The minimum atomic E-state index is -0.647. The lowest BCUT2D eigenvalue weighted by Crippen LogP contribution is -2.07. The number of ether oxygens (including phenoxy) is 1. The quantitative estimate of drug-likeness (QED) is 0.780. The lowest BCUT2D eigenvalue weighted by atomic mass is 10.0. The second-order valence-corrected chi connectivity index (χ2v) is 3.62. The highest BCUT2D eigenvalue weighted by molar-refractivity contribution is 5.91. The van der Waals surface area contributed by atoms with Crippen LogP contribution in [0.3, 0.4) is 0 Å². The number of rotatable bonds is 3. The van der Waals surface area contributed by atoms with Crippen LogP contribution >= 0.6 is 0 Å². The van der Waals surface area contributed by atoms with Gasteiger partial charge in [-0.25, -0.2) is 9.18 Å². The molecular weight excluding hydrogens is 233 g/mol. The third-order valence-electron chi connectivity index (χ3n) is 2.49. The average molecular weight is 245 g/mol. The van der Waals surface area contributed by atoms with Crippen molar-refractivity contribution in [3.8, 4) is 11.1 Å². The molecule has 0 fully saturated rings. The Morgan fingerprint density at radius 1 is 1.28 bits per heavy atom. The molecule has 18 heavy (non-hydrogen) atoms. The molecule has 1 aromatic carbocycles. The van der Waals surface area contributed by atoms with E-state index in [0.29, 0.717) is 11.1 Å². The van der Waals surface area contributed by atoms with E-state index in [1.54, 1.807) is 43.6 Å². The highest BCUT2D eigenvalue weighted by atomic mass is 19.1. The summed E-state index contributed by atoms with van der Waals surface area (Å²) in [6.45, 7) is 1.90. The van der Waals surface area contributed by atoms with Crippen LogP contribution in [0.2, 0.25) is 0 Å². The molecule has 0 aliphatic rings. The van der Waals surface area contributed by atoms with E-state index in [0.717, 1.165) is 0 Å². The number of hydrogen-bond donors (Lipinski definition) is 0. The van der Waals surface area contributed by atoms with Crippen LogP contribution in [0, 0.1) is 5.82 Å². The van der Waals surface area contributed by atoms with Crippen LogP contribution < -0.4 is 0 Å². The molecule has 0 aliphatic heterocycles. The van der Waals surface area contributed by atoms with Gasteiger partial charge in [-0.1, -0.05) is 12.1 Å². The Bertz CT molecular complexity index is 555. The van der Waals surface area contributed by atoms with Crippen molar-refractivity contribution in [2.75, 3.05) is 6.61 Å². The molecule has 1 aromatic heterocycles. The monoisotopic (exact) mass is 245 g/mol. The number of carbonyl (C=O) groups excluding carboxylic acids is 1. The van der Waals surface area contributed by atoms with Gasteiger partial charge in [0.05, 0.1) is 12.2 Å². The van der Waals surface area contributed by atoms with E-state index in [2.05, 4.69) is 4.98 Å². The lowest BCUT2D eigenvalue weighted by Gasteiger charge is -2.07. The molecule has 0 saturated heterocycles. The second kappa shape index (κ2) is 5.40. The minimum Gasteiger partial charge on any atom is -0.462 e. The van der Waals surface area contributed by atoms with Crippen molar-refractivity contribution in [1.29, 1.82) is 0 Å². The summed E-state index contributed by atoms with van der Waals surface area (Å²) in [6, 6.07) is 8.04. The van der Waals surface area contributed by atoms with Crippen LogP contribution in [0.25, 0.3) is 11.1 Å². The van der Waals surface area contributed by atoms with Crippen LogP contribution in [0.1, 0.15) is 17.3 Å². The molecule has 0 saturated carbocycles. The summed E-state index contributed by atoms with van der Waals surface area (Å²) in [7, 11) is 0. The minimum absolute atomic E-state index is 0.0498. The number of benzene rings is 1. The van der Waals surface area contributed by atoms with Crippen molar-refractivity contribution < 1.29 is 13.9 Å². The number of hydrogen-bond acceptors (Lipinski definition) is 3. The summed E-state index contributed by atoms with van der Waals surface area (Å²) in [5.41, 5.74) is 0.989. The zero-order valence-electron chi connectivity index (χ0n) is 9.89. The van der Waals surface area contributed by atoms with Crippen LogP contribution in [-0.4, -0.2) is 17.6 Å². The van der Waals surface area contributed by atoms with Gasteiger partial charge in [-0.2, -0.15) is 0 Å². The van der Waals surface area contributed by atoms with Gasteiger partial charge in [0.15, 0.2) is 0 Å². The number of pyridine rings is 1. The molecule has 0 N–H and O–H groups in total. The van der Waals surface area contributed by atoms with E-state index in [1.807, 2.05) is 0 Å². The van der Waals surface area contributed by atoms with Gasteiger partial charge < -0.3 is 4.74 Å². The zero-order chi connectivity index (χ0) is 13.0. The van der Waals surface area contributed by atoms with Gasteiger partial charge in [0.1, 0.15) is 5.82 Å². The van der Waals surface area contributed by atoms with Crippen molar-refractivity contribution in [2.45, 2.75) is 6.92 Å². The number of halogens is 1. The van der Waals surface area contributed by atoms with Crippen molar-refractivity contribution in [3.63, 3.8) is 0 Å². The fourth-order valence-electron chi connectivity index (χ4n) is 1.65. The molecule has 0 atom stereocenters. The molecule has 0 spiro atoms. The summed E-state index contributed by atoms with van der Waals surface area (Å²) in [4.78, 5) is 15.4. The van der Waals surface area contributed by atoms with E-state index in [4.69, 9.17) is 4.74 Å². The van der Waals surface area contributed by atoms with Crippen molar-refractivity contribution in [1.82, 2.24) is 4.98 Å². The number of carbonyl (C=O) groups is 1. The Hall–Kier alpha value is -2.23. The Kier molecular flexibility index (Phi) is 3.67. The Morgan fingerprint density at radius 2 is 2.00 bits per heavy atom. The third-order valence-corrected chi connectivity index (χ3v) is 2.49. The number of aromatic nitrogens is 1.